The van der Waals surface area contributed by atoms with Crippen molar-refractivity contribution < 1.29 is 23.9 Å². The second kappa shape index (κ2) is 7.35. The number of nitrogens with one attached hydrogen (secondary N) is 2. The SMILES string of the molecule is COC(=O)c1ccc2c(c1)NC(=O)[C@@H](NC(=O)OC(C)(C)C)[C@@H](C)S2. The number of carbonyl (C=O) groups is 3. The predicted octanol–water partition coefficient (Wildman–Crippen LogP) is 2.80. The van der Waals surface area contributed by atoms with Crippen molar-refractivity contribution in [3.05, 3.63) is 23.8 Å². The summed E-state index contributed by atoms with van der Waals surface area (Å²) in [7, 11) is 1.30. The minimum absolute atomic E-state index is 0.224. The molecule has 1 aliphatic heterocycles. The predicted molar refractivity (Wildman–Crippen MR) is 94.9 cm³/mol. The number of hydrogen-bond acceptors (Lipinski definition) is 6. The average Bonchev–Trinajstić information content (AvgIpc) is 2.61. The van der Waals surface area contributed by atoms with E-state index in [1.807, 2.05) is 6.92 Å². The molecule has 0 aliphatic carbocycles. The number of carbonyl (C=O) groups excluding carboxylic acids is 3. The van der Waals surface area contributed by atoms with Gasteiger partial charge in [-0.15, -0.1) is 11.8 Å². The first-order chi connectivity index (χ1) is 11.6. The van der Waals surface area contributed by atoms with Gasteiger partial charge in [0.2, 0.25) is 5.91 Å². The Labute approximate surface area is 150 Å². The summed E-state index contributed by atoms with van der Waals surface area (Å²) in [5.74, 6) is -0.852. The molecule has 0 radical (unpaired) electrons. The molecule has 0 unspecified atom stereocenters. The zero-order valence-corrected chi connectivity index (χ0v) is 15.7. The first-order valence-corrected chi connectivity index (χ1v) is 8.68. The molecule has 0 spiro atoms. The molecule has 1 aromatic rings. The van der Waals surface area contributed by atoms with E-state index in [9.17, 15) is 14.4 Å². The third kappa shape index (κ3) is 4.88. The van der Waals surface area contributed by atoms with Gasteiger partial charge in [-0.1, -0.05) is 6.92 Å². The highest BCUT2D eigenvalue weighted by Crippen LogP contribution is 2.35. The molecule has 2 rings (SSSR count). The molecule has 8 heteroatoms. The molecule has 0 aromatic heterocycles. The van der Waals surface area contributed by atoms with E-state index in [1.54, 1.807) is 39.0 Å². The van der Waals surface area contributed by atoms with Crippen LogP contribution in [0.1, 0.15) is 38.1 Å². The summed E-state index contributed by atoms with van der Waals surface area (Å²) in [6.07, 6.45) is -0.652. The Bertz CT molecular complexity index is 699. The highest BCUT2D eigenvalue weighted by atomic mass is 32.2. The van der Waals surface area contributed by atoms with Gasteiger partial charge in [0.15, 0.2) is 0 Å². The van der Waals surface area contributed by atoms with Crippen LogP contribution >= 0.6 is 11.8 Å². The Balaban J connectivity index is 2.19. The molecule has 7 nitrogen and oxygen atoms in total. The molecule has 1 aromatic carbocycles. The van der Waals surface area contributed by atoms with E-state index in [4.69, 9.17) is 9.47 Å². The van der Waals surface area contributed by atoms with Gasteiger partial charge < -0.3 is 20.1 Å². The first kappa shape index (κ1) is 19.1. The lowest BCUT2D eigenvalue weighted by Gasteiger charge is -2.24. The summed E-state index contributed by atoms with van der Waals surface area (Å²) in [6.45, 7) is 7.10. The fraction of sp³-hybridized carbons (Fsp3) is 0.471. The maximum absolute atomic E-state index is 12.5. The molecule has 0 saturated heterocycles. The molecule has 0 fully saturated rings. The lowest BCUT2D eigenvalue weighted by Crippen LogP contribution is -2.49. The number of methoxy groups -OCH3 is 1. The molecule has 136 valence electrons. The number of thioether (sulfide) groups is 1. The number of ether oxygens (including phenoxy) is 2. The van der Waals surface area contributed by atoms with Crippen LogP contribution in [0.2, 0.25) is 0 Å². The fourth-order valence-corrected chi connectivity index (χ4v) is 3.40. The van der Waals surface area contributed by atoms with E-state index in [0.717, 1.165) is 4.90 Å². The van der Waals surface area contributed by atoms with Gasteiger partial charge in [-0.25, -0.2) is 9.59 Å². The van der Waals surface area contributed by atoms with Crippen LogP contribution < -0.4 is 10.6 Å². The maximum atomic E-state index is 12.5. The van der Waals surface area contributed by atoms with Crippen LogP contribution in [0.3, 0.4) is 0 Å². The standard InChI is InChI=1S/C17H22N2O5S/c1-9-13(19-16(22)24-17(2,3)4)14(20)18-11-8-10(15(21)23-5)6-7-12(11)25-9/h6-9,13H,1-5H3,(H,18,20)(H,19,22)/t9-,13+/m1/s1. The quantitative estimate of drug-likeness (QED) is 0.782. The summed E-state index contributed by atoms with van der Waals surface area (Å²) >= 11 is 1.43. The fourth-order valence-electron chi connectivity index (χ4n) is 2.28. The molecule has 2 amide bonds. The number of rotatable bonds is 2. The van der Waals surface area contributed by atoms with Crippen LogP contribution in [0.5, 0.6) is 0 Å². The average molecular weight is 366 g/mol. The highest BCUT2D eigenvalue weighted by molar-refractivity contribution is 8.00. The van der Waals surface area contributed by atoms with E-state index in [2.05, 4.69) is 10.6 Å². The monoisotopic (exact) mass is 366 g/mol. The van der Waals surface area contributed by atoms with E-state index in [0.29, 0.717) is 11.3 Å². The molecular weight excluding hydrogens is 344 g/mol. The van der Waals surface area contributed by atoms with Gasteiger partial charge in [0, 0.05) is 10.1 Å². The van der Waals surface area contributed by atoms with Crippen LogP contribution in [0, 0.1) is 0 Å². The number of alkyl carbamates (subject to hydrolysis) is 1. The second-order valence-corrected chi connectivity index (χ2v) is 8.06. The third-order valence-electron chi connectivity index (χ3n) is 3.40. The lowest BCUT2D eigenvalue weighted by atomic mass is 10.1. The molecular formula is C17H22N2O5S. The van der Waals surface area contributed by atoms with Crippen molar-refractivity contribution >= 4 is 35.4 Å². The van der Waals surface area contributed by atoms with Crippen molar-refractivity contribution in [1.29, 1.82) is 0 Å². The molecule has 1 heterocycles. The van der Waals surface area contributed by atoms with Crippen LogP contribution in [-0.2, 0) is 14.3 Å². The summed E-state index contributed by atoms with van der Waals surface area (Å²) in [6, 6.07) is 4.18. The Morgan fingerprint density at radius 1 is 1.28 bits per heavy atom. The minimum Gasteiger partial charge on any atom is -0.465 e. The summed E-state index contributed by atoms with van der Waals surface area (Å²) < 4.78 is 9.91. The zero-order chi connectivity index (χ0) is 18.8. The number of hydrogen-bond donors (Lipinski definition) is 2. The largest absolute Gasteiger partial charge is 0.465 e. The van der Waals surface area contributed by atoms with Gasteiger partial charge in [-0.3, -0.25) is 4.79 Å². The van der Waals surface area contributed by atoms with Crippen molar-refractivity contribution in [3.8, 4) is 0 Å². The van der Waals surface area contributed by atoms with Gasteiger partial charge in [0.05, 0.1) is 18.4 Å². The van der Waals surface area contributed by atoms with Gasteiger partial charge >= 0.3 is 12.1 Å². The van der Waals surface area contributed by atoms with Crippen LogP contribution in [0.15, 0.2) is 23.1 Å². The van der Waals surface area contributed by atoms with E-state index < -0.39 is 23.7 Å². The molecule has 2 atom stereocenters. The van der Waals surface area contributed by atoms with Crippen molar-refractivity contribution in [2.24, 2.45) is 0 Å². The Hall–Kier alpha value is -2.22. The minimum atomic E-state index is -0.770. The second-order valence-electron chi connectivity index (χ2n) is 6.64. The summed E-state index contributed by atoms with van der Waals surface area (Å²) in [4.78, 5) is 37.0. The number of fused-ring (bicyclic) bond motifs is 1. The summed E-state index contributed by atoms with van der Waals surface area (Å²) in [5.41, 5.74) is 0.201. The molecule has 1 aliphatic rings. The van der Waals surface area contributed by atoms with Crippen LogP contribution in [0.4, 0.5) is 10.5 Å². The van der Waals surface area contributed by atoms with E-state index in [1.165, 1.54) is 18.9 Å². The number of amides is 2. The first-order valence-electron chi connectivity index (χ1n) is 7.80. The third-order valence-corrected chi connectivity index (χ3v) is 4.65. The number of benzene rings is 1. The topological polar surface area (TPSA) is 93.7 Å². The van der Waals surface area contributed by atoms with Gasteiger partial charge in [-0.2, -0.15) is 0 Å². The Kier molecular flexibility index (Phi) is 5.62. The normalized spacial score (nSPS) is 20.0. The van der Waals surface area contributed by atoms with Gasteiger partial charge in [-0.05, 0) is 39.0 Å². The molecule has 0 bridgehead atoms. The smallest absolute Gasteiger partial charge is 0.408 e. The van der Waals surface area contributed by atoms with E-state index in [-0.39, 0.29) is 11.2 Å². The van der Waals surface area contributed by atoms with Crippen LogP contribution in [-0.4, -0.2) is 42.0 Å². The van der Waals surface area contributed by atoms with E-state index >= 15 is 0 Å². The Morgan fingerprint density at radius 2 is 1.96 bits per heavy atom. The van der Waals surface area contributed by atoms with Gasteiger partial charge in [0.25, 0.3) is 0 Å². The van der Waals surface area contributed by atoms with Crippen LogP contribution in [0.25, 0.3) is 0 Å². The number of anilines is 1. The molecule has 25 heavy (non-hydrogen) atoms. The summed E-state index contributed by atoms with van der Waals surface area (Å²) in [5, 5.41) is 5.14. The lowest BCUT2D eigenvalue weighted by molar-refractivity contribution is -0.118. The highest BCUT2D eigenvalue weighted by Gasteiger charge is 2.33. The molecule has 0 saturated carbocycles. The van der Waals surface area contributed by atoms with Crippen molar-refractivity contribution in [2.75, 3.05) is 12.4 Å². The zero-order valence-electron chi connectivity index (χ0n) is 14.8. The van der Waals surface area contributed by atoms with Crippen molar-refractivity contribution in [1.82, 2.24) is 5.32 Å². The number of esters is 1. The van der Waals surface area contributed by atoms with Gasteiger partial charge in [0.1, 0.15) is 11.6 Å². The maximum Gasteiger partial charge on any atom is 0.408 e. The van der Waals surface area contributed by atoms with Crippen molar-refractivity contribution in [2.45, 2.75) is 49.5 Å². The molecule has 2 N–H and O–H groups in total. The Morgan fingerprint density at radius 3 is 2.56 bits per heavy atom. The van der Waals surface area contributed by atoms with Crippen molar-refractivity contribution in [3.63, 3.8) is 0 Å².